The highest BCUT2D eigenvalue weighted by atomic mass is 16.3. The molecule has 2 N–H and O–H groups in total. The molecule has 0 saturated heterocycles. The van der Waals surface area contributed by atoms with Crippen LogP contribution in [0.4, 0.5) is 0 Å². The van der Waals surface area contributed by atoms with Crippen molar-refractivity contribution in [2.24, 2.45) is 5.92 Å². The van der Waals surface area contributed by atoms with Gasteiger partial charge in [-0.1, -0.05) is 26.0 Å². The van der Waals surface area contributed by atoms with E-state index in [-0.39, 0.29) is 6.61 Å². The molecule has 0 bridgehead atoms. The minimum atomic E-state index is 0.0174. The summed E-state index contributed by atoms with van der Waals surface area (Å²) in [5.41, 5.74) is 0.874. The summed E-state index contributed by atoms with van der Waals surface area (Å²) in [6, 6.07) is 0. The minimum absolute atomic E-state index is 0.0174. The lowest BCUT2D eigenvalue weighted by molar-refractivity contribution is 0.342. The van der Waals surface area contributed by atoms with Crippen molar-refractivity contribution in [2.75, 3.05) is 6.61 Å². The molecule has 64 valence electrons. The van der Waals surface area contributed by atoms with E-state index in [0.717, 1.165) is 5.57 Å². The first-order chi connectivity index (χ1) is 5.09. The number of aliphatic hydroxyl groups is 2. The number of rotatable bonds is 3. The van der Waals surface area contributed by atoms with Crippen LogP contribution in [0, 0.1) is 5.92 Å². The number of allylic oxidation sites excluding steroid dienone is 3. The molecule has 0 aromatic carbocycles. The Bertz CT molecular complexity index is 162. The second kappa shape index (κ2) is 4.97. The second-order valence-corrected chi connectivity index (χ2v) is 2.78. The van der Waals surface area contributed by atoms with Gasteiger partial charge in [0.05, 0.1) is 12.4 Å². The van der Waals surface area contributed by atoms with Crippen LogP contribution >= 0.6 is 0 Å². The first-order valence-electron chi connectivity index (χ1n) is 3.76. The van der Waals surface area contributed by atoms with Crippen LogP contribution in [0.15, 0.2) is 23.5 Å². The monoisotopic (exact) mass is 156 g/mol. The summed E-state index contributed by atoms with van der Waals surface area (Å²) in [6.07, 6.45) is 3.37. The van der Waals surface area contributed by atoms with E-state index in [2.05, 4.69) is 0 Å². The molecule has 0 amide bonds. The maximum absolute atomic E-state index is 9.16. The fourth-order valence-electron chi connectivity index (χ4n) is 0.910. The first-order valence-corrected chi connectivity index (χ1v) is 3.76. The van der Waals surface area contributed by atoms with Gasteiger partial charge in [0.2, 0.25) is 0 Å². The molecule has 0 atom stereocenters. The third-order valence-electron chi connectivity index (χ3n) is 1.44. The Morgan fingerprint density at radius 2 is 2.00 bits per heavy atom. The molecule has 0 saturated carbocycles. The summed E-state index contributed by atoms with van der Waals surface area (Å²) in [5, 5.41) is 17.6. The van der Waals surface area contributed by atoms with Crippen molar-refractivity contribution in [3.63, 3.8) is 0 Å². The average Bonchev–Trinajstić information content (AvgIpc) is 1.87. The summed E-state index contributed by atoms with van der Waals surface area (Å²) in [6.45, 7) is 5.66. The van der Waals surface area contributed by atoms with E-state index >= 15 is 0 Å². The molecule has 0 rings (SSSR count). The van der Waals surface area contributed by atoms with Crippen molar-refractivity contribution < 1.29 is 10.2 Å². The van der Waals surface area contributed by atoms with E-state index in [1.807, 2.05) is 13.8 Å². The van der Waals surface area contributed by atoms with Crippen LogP contribution in [-0.4, -0.2) is 16.8 Å². The van der Waals surface area contributed by atoms with Crippen LogP contribution in [0.1, 0.15) is 20.8 Å². The molecule has 11 heavy (non-hydrogen) atoms. The molecule has 0 spiro atoms. The summed E-state index contributed by atoms with van der Waals surface area (Å²) < 4.78 is 0. The summed E-state index contributed by atoms with van der Waals surface area (Å²) in [5.74, 6) is 0.618. The average molecular weight is 156 g/mol. The molecule has 0 heterocycles. The molecule has 0 aliphatic heterocycles. The molecular weight excluding hydrogens is 140 g/mol. The molecular formula is C9H16O2. The van der Waals surface area contributed by atoms with E-state index in [1.165, 1.54) is 0 Å². The zero-order valence-electron chi connectivity index (χ0n) is 7.33. The zero-order chi connectivity index (χ0) is 8.85. The lowest BCUT2D eigenvalue weighted by Gasteiger charge is -2.06. The molecule has 0 fully saturated rings. The van der Waals surface area contributed by atoms with E-state index in [0.29, 0.717) is 11.7 Å². The Hall–Kier alpha value is -0.760. The van der Waals surface area contributed by atoms with Crippen LogP contribution in [-0.2, 0) is 0 Å². The van der Waals surface area contributed by atoms with Gasteiger partial charge in [-0.3, -0.25) is 0 Å². The number of hydrogen-bond donors (Lipinski definition) is 2. The van der Waals surface area contributed by atoms with Crippen molar-refractivity contribution >= 4 is 0 Å². The van der Waals surface area contributed by atoms with Crippen LogP contribution in [0.5, 0.6) is 0 Å². The van der Waals surface area contributed by atoms with E-state index in [4.69, 9.17) is 10.2 Å². The lowest BCUT2D eigenvalue weighted by atomic mass is 10.0. The Morgan fingerprint density at radius 3 is 2.27 bits per heavy atom. The van der Waals surface area contributed by atoms with E-state index < -0.39 is 0 Å². The van der Waals surface area contributed by atoms with Crippen molar-refractivity contribution in [2.45, 2.75) is 20.8 Å². The van der Waals surface area contributed by atoms with Gasteiger partial charge >= 0.3 is 0 Å². The molecule has 0 unspecified atom stereocenters. The van der Waals surface area contributed by atoms with Crippen LogP contribution in [0.2, 0.25) is 0 Å². The maximum Gasteiger partial charge on any atom is 0.0926 e. The van der Waals surface area contributed by atoms with Gasteiger partial charge in [0.25, 0.3) is 0 Å². The first kappa shape index (κ1) is 10.2. The van der Waals surface area contributed by atoms with Crippen LogP contribution in [0.3, 0.4) is 0 Å². The van der Waals surface area contributed by atoms with Crippen molar-refractivity contribution in [1.82, 2.24) is 0 Å². The Balaban J connectivity index is 4.38. The van der Waals surface area contributed by atoms with Gasteiger partial charge in [0, 0.05) is 0 Å². The summed E-state index contributed by atoms with van der Waals surface area (Å²) in [7, 11) is 0. The Kier molecular flexibility index (Phi) is 4.62. The third kappa shape index (κ3) is 3.83. The molecule has 2 nitrogen and oxygen atoms in total. The highest BCUT2D eigenvalue weighted by Gasteiger charge is 2.01. The lowest BCUT2D eigenvalue weighted by Crippen LogP contribution is -1.94. The van der Waals surface area contributed by atoms with Gasteiger partial charge in [-0.2, -0.15) is 0 Å². The van der Waals surface area contributed by atoms with Gasteiger partial charge < -0.3 is 10.2 Å². The number of hydrogen-bond acceptors (Lipinski definition) is 2. The molecule has 0 aliphatic carbocycles. The van der Waals surface area contributed by atoms with Crippen molar-refractivity contribution in [3.05, 3.63) is 23.5 Å². The Labute approximate surface area is 67.9 Å². The SMILES string of the molecule is C/C(O)=C(\C=C/CO)C(C)C. The zero-order valence-corrected chi connectivity index (χ0v) is 7.33. The largest absolute Gasteiger partial charge is 0.512 e. The van der Waals surface area contributed by atoms with Gasteiger partial charge in [0.15, 0.2) is 0 Å². The molecule has 0 radical (unpaired) electrons. The summed E-state index contributed by atoms with van der Waals surface area (Å²) >= 11 is 0. The molecule has 0 aromatic heterocycles. The van der Waals surface area contributed by atoms with E-state index in [1.54, 1.807) is 19.1 Å². The van der Waals surface area contributed by atoms with E-state index in [9.17, 15) is 0 Å². The predicted octanol–water partition coefficient (Wildman–Crippen LogP) is 2.02. The van der Waals surface area contributed by atoms with Crippen molar-refractivity contribution in [1.29, 1.82) is 0 Å². The highest BCUT2D eigenvalue weighted by Crippen LogP contribution is 2.14. The van der Waals surface area contributed by atoms with Gasteiger partial charge in [-0.05, 0) is 18.4 Å². The van der Waals surface area contributed by atoms with Crippen molar-refractivity contribution in [3.8, 4) is 0 Å². The normalized spacial score (nSPS) is 14.3. The molecule has 0 aromatic rings. The second-order valence-electron chi connectivity index (χ2n) is 2.78. The smallest absolute Gasteiger partial charge is 0.0926 e. The standard InChI is InChI=1S/C9H16O2/c1-7(2)9(8(3)11)5-4-6-10/h4-5,7,10-11H,6H2,1-3H3/b5-4-,9-8-. The topological polar surface area (TPSA) is 40.5 Å². The minimum Gasteiger partial charge on any atom is -0.512 e. The predicted molar refractivity (Wildman–Crippen MR) is 46.4 cm³/mol. The Morgan fingerprint density at radius 1 is 1.45 bits per heavy atom. The number of aliphatic hydroxyl groups excluding tert-OH is 2. The fourth-order valence-corrected chi connectivity index (χ4v) is 0.910. The third-order valence-corrected chi connectivity index (χ3v) is 1.44. The van der Waals surface area contributed by atoms with Crippen LogP contribution < -0.4 is 0 Å². The molecule has 2 heteroatoms. The van der Waals surface area contributed by atoms with Gasteiger partial charge in [0.1, 0.15) is 0 Å². The quantitative estimate of drug-likeness (QED) is 0.485. The van der Waals surface area contributed by atoms with Gasteiger partial charge in [-0.15, -0.1) is 0 Å². The van der Waals surface area contributed by atoms with Crippen LogP contribution in [0.25, 0.3) is 0 Å². The van der Waals surface area contributed by atoms with Gasteiger partial charge in [-0.25, -0.2) is 0 Å². The molecule has 0 aliphatic rings. The fraction of sp³-hybridized carbons (Fsp3) is 0.556. The highest BCUT2D eigenvalue weighted by molar-refractivity contribution is 5.22. The maximum atomic E-state index is 9.16. The summed E-state index contributed by atoms with van der Waals surface area (Å²) in [4.78, 5) is 0.